The Labute approximate surface area is 151 Å². The number of ether oxygens (including phenoxy) is 2. The van der Waals surface area contributed by atoms with Crippen molar-refractivity contribution in [3.05, 3.63) is 18.2 Å². The Morgan fingerprint density at radius 1 is 1.48 bits per heavy atom. The van der Waals surface area contributed by atoms with E-state index >= 15 is 0 Å². The van der Waals surface area contributed by atoms with Crippen molar-refractivity contribution in [3.8, 4) is 0 Å². The molecular weight excluding hydrogens is 318 g/mol. The maximum atomic E-state index is 5.71. The summed E-state index contributed by atoms with van der Waals surface area (Å²) < 4.78 is 13.2. The van der Waals surface area contributed by atoms with Gasteiger partial charge in [-0.3, -0.25) is 4.99 Å². The van der Waals surface area contributed by atoms with E-state index in [2.05, 4.69) is 39.0 Å². The molecule has 2 heterocycles. The molecule has 1 saturated heterocycles. The lowest BCUT2D eigenvalue weighted by atomic mass is 10.1. The maximum Gasteiger partial charge on any atom is 0.191 e. The summed E-state index contributed by atoms with van der Waals surface area (Å²) in [5, 5.41) is 6.64. The van der Waals surface area contributed by atoms with Crippen molar-refractivity contribution >= 4 is 5.96 Å². The lowest BCUT2D eigenvalue weighted by molar-refractivity contribution is 0.0888. The summed E-state index contributed by atoms with van der Waals surface area (Å²) >= 11 is 0. The molecule has 7 nitrogen and oxygen atoms in total. The second-order valence-electron chi connectivity index (χ2n) is 6.90. The second kappa shape index (κ2) is 11.1. The van der Waals surface area contributed by atoms with E-state index < -0.39 is 0 Å². The highest BCUT2D eigenvalue weighted by Crippen LogP contribution is 2.12. The van der Waals surface area contributed by atoms with Crippen LogP contribution in [0.5, 0.6) is 0 Å². The number of aromatic nitrogens is 2. The first-order valence-corrected chi connectivity index (χ1v) is 9.29. The fraction of sp³-hybridized carbons (Fsp3) is 0.778. The van der Waals surface area contributed by atoms with E-state index in [1.165, 1.54) is 0 Å². The van der Waals surface area contributed by atoms with Gasteiger partial charge in [0, 0.05) is 51.7 Å². The number of guanidine groups is 1. The van der Waals surface area contributed by atoms with Gasteiger partial charge in [-0.25, -0.2) is 4.98 Å². The van der Waals surface area contributed by atoms with Crippen LogP contribution >= 0.6 is 0 Å². The topological polar surface area (TPSA) is 72.7 Å². The molecule has 0 radical (unpaired) electrons. The van der Waals surface area contributed by atoms with Crippen LogP contribution < -0.4 is 10.6 Å². The van der Waals surface area contributed by atoms with Crippen LogP contribution in [0.15, 0.2) is 17.4 Å². The molecule has 7 heteroatoms. The molecule has 1 aromatic rings. The third-order valence-electron chi connectivity index (χ3n) is 4.14. The third kappa shape index (κ3) is 7.44. The highest BCUT2D eigenvalue weighted by atomic mass is 16.5. The standard InChI is InChI=1S/C18H33N5O2/c1-15(2)12-23-8-7-20-17(23)11-22-18(19-3)21-6-4-9-24-13-16-5-10-25-14-16/h7-8,15-16H,4-6,9-14H2,1-3H3,(H2,19,21,22). The average Bonchev–Trinajstić information content (AvgIpc) is 3.25. The molecule has 1 unspecified atom stereocenters. The van der Waals surface area contributed by atoms with Gasteiger partial charge >= 0.3 is 0 Å². The summed E-state index contributed by atoms with van der Waals surface area (Å²) in [4.78, 5) is 8.68. The minimum atomic E-state index is 0.581. The van der Waals surface area contributed by atoms with Crippen LogP contribution in [0.2, 0.25) is 0 Å². The van der Waals surface area contributed by atoms with Gasteiger partial charge in [-0.2, -0.15) is 0 Å². The zero-order valence-electron chi connectivity index (χ0n) is 15.8. The molecule has 1 fully saturated rings. The van der Waals surface area contributed by atoms with E-state index in [1.54, 1.807) is 7.05 Å². The molecule has 1 aliphatic heterocycles. The van der Waals surface area contributed by atoms with Gasteiger partial charge < -0.3 is 24.7 Å². The predicted octanol–water partition coefficient (Wildman–Crippen LogP) is 1.65. The van der Waals surface area contributed by atoms with Crippen LogP contribution in [-0.2, 0) is 22.6 Å². The van der Waals surface area contributed by atoms with Gasteiger partial charge in [0.15, 0.2) is 5.96 Å². The molecule has 25 heavy (non-hydrogen) atoms. The summed E-state index contributed by atoms with van der Waals surface area (Å²) in [6.45, 7) is 10.2. The second-order valence-corrected chi connectivity index (χ2v) is 6.90. The molecule has 0 aliphatic carbocycles. The Bertz CT molecular complexity index is 509. The zero-order valence-corrected chi connectivity index (χ0v) is 15.8. The number of hydrogen-bond donors (Lipinski definition) is 2. The summed E-state index contributed by atoms with van der Waals surface area (Å²) in [5.74, 6) is 3.00. The summed E-state index contributed by atoms with van der Waals surface area (Å²) in [6, 6.07) is 0. The number of nitrogens with zero attached hydrogens (tertiary/aromatic N) is 3. The van der Waals surface area contributed by atoms with Crippen molar-refractivity contribution in [1.29, 1.82) is 0 Å². The van der Waals surface area contributed by atoms with Crippen LogP contribution in [0.4, 0.5) is 0 Å². The number of nitrogens with one attached hydrogen (secondary N) is 2. The van der Waals surface area contributed by atoms with Crippen LogP contribution in [-0.4, -0.2) is 55.5 Å². The van der Waals surface area contributed by atoms with E-state index in [4.69, 9.17) is 9.47 Å². The number of rotatable bonds is 10. The minimum Gasteiger partial charge on any atom is -0.381 e. The van der Waals surface area contributed by atoms with Crippen molar-refractivity contribution in [1.82, 2.24) is 20.2 Å². The molecule has 0 bridgehead atoms. The Morgan fingerprint density at radius 2 is 2.36 bits per heavy atom. The summed E-state index contributed by atoms with van der Waals surface area (Å²) in [6.07, 6.45) is 5.96. The van der Waals surface area contributed by atoms with E-state index in [-0.39, 0.29) is 0 Å². The first-order valence-electron chi connectivity index (χ1n) is 9.29. The predicted molar refractivity (Wildman–Crippen MR) is 99.6 cm³/mol. The third-order valence-corrected chi connectivity index (χ3v) is 4.14. The van der Waals surface area contributed by atoms with Crippen molar-refractivity contribution in [2.75, 3.05) is 40.0 Å². The Morgan fingerprint density at radius 3 is 3.08 bits per heavy atom. The van der Waals surface area contributed by atoms with Crippen molar-refractivity contribution in [2.45, 2.75) is 39.8 Å². The first kappa shape index (κ1) is 19.7. The zero-order chi connectivity index (χ0) is 17.9. The minimum absolute atomic E-state index is 0.581. The molecule has 2 N–H and O–H groups in total. The van der Waals surface area contributed by atoms with Gasteiger partial charge in [0.2, 0.25) is 0 Å². The van der Waals surface area contributed by atoms with E-state index in [9.17, 15) is 0 Å². The SMILES string of the molecule is CN=C(NCCCOCC1CCOC1)NCc1nccn1CC(C)C. The van der Waals surface area contributed by atoms with Crippen LogP contribution in [0.25, 0.3) is 0 Å². The van der Waals surface area contributed by atoms with Gasteiger partial charge in [0.1, 0.15) is 5.82 Å². The molecule has 1 atom stereocenters. The molecule has 1 aromatic heterocycles. The summed E-state index contributed by atoms with van der Waals surface area (Å²) in [5.41, 5.74) is 0. The molecule has 142 valence electrons. The van der Waals surface area contributed by atoms with Gasteiger partial charge in [-0.15, -0.1) is 0 Å². The Balaban J connectivity index is 1.58. The molecule has 0 aromatic carbocycles. The van der Waals surface area contributed by atoms with Crippen LogP contribution in [0.1, 0.15) is 32.5 Å². The smallest absolute Gasteiger partial charge is 0.191 e. The van der Waals surface area contributed by atoms with Gasteiger partial charge in [-0.05, 0) is 18.8 Å². The van der Waals surface area contributed by atoms with Crippen molar-refractivity contribution in [2.24, 2.45) is 16.8 Å². The monoisotopic (exact) mass is 351 g/mol. The van der Waals surface area contributed by atoms with E-state index in [0.717, 1.165) is 64.1 Å². The Kier molecular flexibility index (Phi) is 8.76. The molecule has 1 aliphatic rings. The highest BCUT2D eigenvalue weighted by molar-refractivity contribution is 5.79. The average molecular weight is 351 g/mol. The van der Waals surface area contributed by atoms with Gasteiger partial charge in [0.25, 0.3) is 0 Å². The molecule has 0 spiro atoms. The molecule has 2 rings (SSSR count). The van der Waals surface area contributed by atoms with Crippen LogP contribution in [0, 0.1) is 11.8 Å². The number of imidazole rings is 1. The first-order chi connectivity index (χ1) is 12.2. The maximum absolute atomic E-state index is 5.71. The normalized spacial score (nSPS) is 18.1. The summed E-state index contributed by atoms with van der Waals surface area (Å²) in [7, 11) is 1.78. The Hall–Kier alpha value is -1.60. The molecular formula is C18H33N5O2. The van der Waals surface area contributed by atoms with Crippen molar-refractivity contribution in [3.63, 3.8) is 0 Å². The fourth-order valence-electron chi connectivity index (χ4n) is 2.80. The molecule has 0 amide bonds. The fourth-order valence-corrected chi connectivity index (χ4v) is 2.80. The number of aliphatic imine (C=N–C) groups is 1. The van der Waals surface area contributed by atoms with Gasteiger partial charge in [-0.1, -0.05) is 13.8 Å². The number of hydrogen-bond acceptors (Lipinski definition) is 4. The lowest BCUT2D eigenvalue weighted by Crippen LogP contribution is -2.38. The lowest BCUT2D eigenvalue weighted by Gasteiger charge is -2.14. The molecule has 0 saturated carbocycles. The van der Waals surface area contributed by atoms with Gasteiger partial charge in [0.05, 0.1) is 19.8 Å². The highest BCUT2D eigenvalue weighted by Gasteiger charge is 2.15. The van der Waals surface area contributed by atoms with Crippen molar-refractivity contribution < 1.29 is 9.47 Å². The van der Waals surface area contributed by atoms with E-state index in [0.29, 0.717) is 18.4 Å². The van der Waals surface area contributed by atoms with E-state index in [1.807, 2.05) is 12.4 Å². The largest absolute Gasteiger partial charge is 0.381 e. The quantitative estimate of drug-likeness (QED) is 0.381. The van der Waals surface area contributed by atoms with Crippen LogP contribution in [0.3, 0.4) is 0 Å².